The van der Waals surface area contributed by atoms with Gasteiger partial charge in [-0.1, -0.05) is 41.6 Å². The summed E-state index contributed by atoms with van der Waals surface area (Å²) in [4.78, 5) is 14.2. The van der Waals surface area contributed by atoms with E-state index in [-0.39, 0.29) is 6.03 Å². The fourth-order valence-corrected chi connectivity index (χ4v) is 2.13. The van der Waals surface area contributed by atoms with E-state index in [0.717, 1.165) is 11.4 Å². The molecule has 1 aromatic heterocycles. The van der Waals surface area contributed by atoms with Crippen molar-refractivity contribution in [1.82, 2.24) is 5.16 Å². The summed E-state index contributed by atoms with van der Waals surface area (Å²) in [5, 5.41) is 6.53. The maximum atomic E-state index is 12.7. The van der Waals surface area contributed by atoms with Gasteiger partial charge in [-0.25, -0.2) is 4.79 Å². The van der Waals surface area contributed by atoms with Gasteiger partial charge in [0.05, 0.1) is 11.4 Å². The van der Waals surface area contributed by atoms with Gasteiger partial charge in [-0.2, -0.15) is 0 Å². The second-order valence-corrected chi connectivity index (χ2v) is 4.76. The Hall–Kier alpha value is -3.08. The molecule has 0 saturated carbocycles. The van der Waals surface area contributed by atoms with Gasteiger partial charge in [0, 0.05) is 6.07 Å². The SMILES string of the molecule is Cc1cc(NC(=O)N(c2ccccc2)c2ccccc2)no1. The molecule has 5 nitrogen and oxygen atoms in total. The second-order valence-electron chi connectivity index (χ2n) is 4.76. The number of anilines is 3. The summed E-state index contributed by atoms with van der Waals surface area (Å²) >= 11 is 0. The Morgan fingerprint density at radius 3 is 2.00 bits per heavy atom. The summed E-state index contributed by atoms with van der Waals surface area (Å²) in [6.07, 6.45) is 0. The number of aromatic nitrogens is 1. The van der Waals surface area contributed by atoms with Crippen LogP contribution in [0.1, 0.15) is 5.76 Å². The van der Waals surface area contributed by atoms with E-state index in [2.05, 4.69) is 10.5 Å². The van der Waals surface area contributed by atoms with Gasteiger partial charge < -0.3 is 4.52 Å². The second kappa shape index (κ2) is 6.13. The maximum Gasteiger partial charge on any atom is 0.332 e. The predicted octanol–water partition coefficient (Wildman–Crippen LogP) is 4.35. The molecule has 0 aliphatic heterocycles. The number of nitrogens with one attached hydrogen (secondary N) is 1. The zero-order valence-electron chi connectivity index (χ0n) is 12.1. The zero-order chi connectivity index (χ0) is 15.4. The van der Waals surface area contributed by atoms with Crippen molar-refractivity contribution in [3.63, 3.8) is 0 Å². The number of amides is 2. The lowest BCUT2D eigenvalue weighted by Gasteiger charge is -2.22. The number of aryl methyl sites for hydroxylation is 1. The van der Waals surface area contributed by atoms with Crippen LogP contribution in [0, 0.1) is 6.92 Å². The third-order valence-corrected chi connectivity index (χ3v) is 3.09. The first-order valence-electron chi connectivity index (χ1n) is 6.88. The maximum absolute atomic E-state index is 12.7. The number of urea groups is 1. The van der Waals surface area contributed by atoms with Crippen LogP contribution in [0.15, 0.2) is 71.3 Å². The summed E-state index contributed by atoms with van der Waals surface area (Å²) < 4.78 is 4.97. The Labute approximate surface area is 128 Å². The predicted molar refractivity (Wildman–Crippen MR) is 85.3 cm³/mol. The first kappa shape index (κ1) is 13.9. The van der Waals surface area contributed by atoms with Gasteiger partial charge in [-0.15, -0.1) is 0 Å². The van der Waals surface area contributed by atoms with Crippen LogP contribution in [0.2, 0.25) is 0 Å². The van der Waals surface area contributed by atoms with Crippen LogP contribution < -0.4 is 10.2 Å². The minimum Gasteiger partial charge on any atom is -0.360 e. The summed E-state index contributed by atoms with van der Waals surface area (Å²) in [5.41, 5.74) is 1.54. The van der Waals surface area contributed by atoms with E-state index in [0.29, 0.717) is 11.6 Å². The van der Waals surface area contributed by atoms with Crippen molar-refractivity contribution >= 4 is 23.2 Å². The van der Waals surface area contributed by atoms with E-state index in [1.165, 1.54) is 0 Å². The highest BCUT2D eigenvalue weighted by molar-refractivity contribution is 6.06. The summed E-state index contributed by atoms with van der Waals surface area (Å²) in [6, 6.07) is 20.2. The number of carbonyl (C=O) groups is 1. The highest BCUT2D eigenvalue weighted by Crippen LogP contribution is 2.25. The lowest BCUT2D eigenvalue weighted by atomic mass is 10.2. The molecule has 0 spiro atoms. The van der Waals surface area contributed by atoms with E-state index in [4.69, 9.17) is 4.52 Å². The van der Waals surface area contributed by atoms with Gasteiger partial charge in [-0.05, 0) is 31.2 Å². The molecule has 3 aromatic rings. The van der Waals surface area contributed by atoms with Crippen LogP contribution in [-0.2, 0) is 0 Å². The van der Waals surface area contributed by atoms with Gasteiger partial charge in [0.1, 0.15) is 5.76 Å². The van der Waals surface area contributed by atoms with Gasteiger partial charge >= 0.3 is 6.03 Å². The molecule has 0 aliphatic carbocycles. The van der Waals surface area contributed by atoms with Gasteiger partial charge in [-0.3, -0.25) is 10.2 Å². The van der Waals surface area contributed by atoms with Crippen LogP contribution in [0.25, 0.3) is 0 Å². The molecule has 2 amide bonds. The van der Waals surface area contributed by atoms with E-state index >= 15 is 0 Å². The number of benzene rings is 2. The first-order chi connectivity index (χ1) is 10.7. The standard InChI is InChI=1S/C17H15N3O2/c1-13-12-16(19-22-13)18-17(21)20(14-8-4-2-5-9-14)15-10-6-3-7-11-15/h2-12H,1H3,(H,18,19,21). The molecule has 0 fully saturated rings. The molecule has 1 N–H and O–H groups in total. The van der Waals surface area contributed by atoms with E-state index in [1.807, 2.05) is 60.7 Å². The van der Waals surface area contributed by atoms with Crippen LogP contribution in [0.5, 0.6) is 0 Å². The van der Waals surface area contributed by atoms with E-state index in [1.54, 1.807) is 17.9 Å². The van der Waals surface area contributed by atoms with Crippen molar-refractivity contribution in [2.24, 2.45) is 0 Å². The highest BCUT2D eigenvalue weighted by Gasteiger charge is 2.18. The Morgan fingerprint density at radius 2 is 1.55 bits per heavy atom. The lowest BCUT2D eigenvalue weighted by Crippen LogP contribution is -2.30. The number of para-hydroxylation sites is 2. The first-order valence-corrected chi connectivity index (χ1v) is 6.88. The monoisotopic (exact) mass is 293 g/mol. The van der Waals surface area contributed by atoms with Gasteiger partial charge in [0.25, 0.3) is 0 Å². The molecular formula is C17H15N3O2. The fourth-order valence-electron chi connectivity index (χ4n) is 2.13. The zero-order valence-corrected chi connectivity index (χ0v) is 12.1. The summed E-state index contributed by atoms with van der Waals surface area (Å²) in [7, 11) is 0. The topological polar surface area (TPSA) is 58.4 Å². The number of hydrogen-bond donors (Lipinski definition) is 1. The highest BCUT2D eigenvalue weighted by atomic mass is 16.5. The van der Waals surface area contributed by atoms with Crippen molar-refractivity contribution in [3.05, 3.63) is 72.5 Å². The molecule has 0 saturated heterocycles. The third-order valence-electron chi connectivity index (χ3n) is 3.09. The van der Waals surface area contributed by atoms with E-state index in [9.17, 15) is 4.79 Å². The van der Waals surface area contributed by atoms with Crippen molar-refractivity contribution < 1.29 is 9.32 Å². The smallest absolute Gasteiger partial charge is 0.332 e. The van der Waals surface area contributed by atoms with Crippen LogP contribution in [-0.4, -0.2) is 11.2 Å². The van der Waals surface area contributed by atoms with Crippen LogP contribution in [0.4, 0.5) is 22.0 Å². The number of hydrogen-bond acceptors (Lipinski definition) is 3. The summed E-state index contributed by atoms with van der Waals surface area (Å²) in [5.74, 6) is 1.03. The number of nitrogens with zero attached hydrogens (tertiary/aromatic N) is 2. The molecule has 3 rings (SSSR count). The van der Waals surface area contributed by atoms with Crippen molar-refractivity contribution in [3.8, 4) is 0 Å². The minimum absolute atomic E-state index is 0.300. The van der Waals surface area contributed by atoms with Gasteiger partial charge in [0.2, 0.25) is 0 Å². The van der Waals surface area contributed by atoms with Crippen LogP contribution in [0.3, 0.4) is 0 Å². The van der Waals surface area contributed by atoms with E-state index < -0.39 is 0 Å². The molecule has 0 aliphatic rings. The quantitative estimate of drug-likeness (QED) is 0.780. The minimum atomic E-state index is -0.300. The number of carbonyl (C=O) groups excluding carboxylic acids is 1. The molecule has 0 atom stereocenters. The molecule has 110 valence electrons. The van der Waals surface area contributed by atoms with Gasteiger partial charge in [0.15, 0.2) is 5.82 Å². The number of rotatable bonds is 3. The molecule has 1 heterocycles. The van der Waals surface area contributed by atoms with Crippen LogP contribution >= 0.6 is 0 Å². The Morgan fingerprint density at radius 1 is 1.00 bits per heavy atom. The largest absolute Gasteiger partial charge is 0.360 e. The average molecular weight is 293 g/mol. The fraction of sp³-hybridized carbons (Fsp3) is 0.0588. The summed E-state index contributed by atoms with van der Waals surface area (Å²) in [6.45, 7) is 1.77. The van der Waals surface area contributed by atoms with Crippen molar-refractivity contribution in [2.45, 2.75) is 6.92 Å². The van der Waals surface area contributed by atoms with Crippen molar-refractivity contribution in [1.29, 1.82) is 0 Å². The molecule has 22 heavy (non-hydrogen) atoms. The van der Waals surface area contributed by atoms with Crippen molar-refractivity contribution in [2.75, 3.05) is 10.2 Å². The molecule has 2 aromatic carbocycles. The Balaban J connectivity index is 1.93. The Kier molecular flexibility index (Phi) is 3.87. The third kappa shape index (κ3) is 2.98. The Bertz CT molecular complexity index is 714. The normalized spacial score (nSPS) is 10.2. The lowest BCUT2D eigenvalue weighted by molar-refractivity contribution is 0.258. The molecule has 0 radical (unpaired) electrons. The average Bonchev–Trinajstić information content (AvgIpc) is 2.95. The molecular weight excluding hydrogens is 278 g/mol. The molecule has 0 bridgehead atoms. The molecule has 0 unspecified atom stereocenters. The molecule has 5 heteroatoms.